The van der Waals surface area contributed by atoms with Gasteiger partial charge in [-0.3, -0.25) is 4.79 Å². The Balaban J connectivity index is 1.48. The fourth-order valence-corrected chi connectivity index (χ4v) is 4.32. The average molecular weight is 510 g/mol. The molecule has 9 heteroatoms. The van der Waals surface area contributed by atoms with Gasteiger partial charge in [0.05, 0.1) is 6.54 Å². The molecule has 0 bridgehead atoms. The molecule has 0 saturated carbocycles. The molecule has 3 aromatic rings. The van der Waals surface area contributed by atoms with Crippen LogP contribution in [0.15, 0.2) is 63.9 Å². The summed E-state index contributed by atoms with van der Waals surface area (Å²) in [6, 6.07) is 16.7. The Hall–Kier alpha value is -3.59. The van der Waals surface area contributed by atoms with E-state index >= 15 is 0 Å². The largest absolute Gasteiger partial charge is 0.464 e. The normalized spacial score (nSPS) is 11.9. The highest BCUT2D eigenvalue weighted by molar-refractivity contribution is 7.98. The first-order valence-electron chi connectivity index (χ1n) is 11.9. The van der Waals surface area contributed by atoms with Gasteiger partial charge in [-0.05, 0) is 73.7 Å². The molecule has 0 unspecified atom stereocenters. The van der Waals surface area contributed by atoms with Crippen LogP contribution in [0.4, 0.5) is 10.5 Å². The number of nitrogens with one attached hydrogen (secondary N) is 1. The number of amides is 3. The summed E-state index contributed by atoms with van der Waals surface area (Å²) in [5, 5.41) is 2.91. The van der Waals surface area contributed by atoms with E-state index in [1.165, 1.54) is 0 Å². The molecule has 8 nitrogen and oxygen atoms in total. The second kappa shape index (κ2) is 11.9. The molecule has 0 fully saturated rings. The molecule has 2 aromatic carbocycles. The molecule has 0 spiro atoms. The number of ether oxygens (including phenoxy) is 2. The molecule has 4 rings (SSSR count). The van der Waals surface area contributed by atoms with Gasteiger partial charge < -0.3 is 29.0 Å². The highest BCUT2D eigenvalue weighted by Gasteiger charge is 2.23. The SMILES string of the molecule is CCCN(CC(=O)N(Cc1ccc2c(c1)OCO2)Cc1ccc(C)o1)C(=O)Nc1ccc(SC)cc1. The maximum absolute atomic E-state index is 13.5. The molecule has 1 aliphatic rings. The number of nitrogens with zero attached hydrogens (tertiary/aromatic N) is 2. The predicted octanol–water partition coefficient (Wildman–Crippen LogP) is 5.51. The minimum absolute atomic E-state index is 0.0488. The van der Waals surface area contributed by atoms with Crippen LogP contribution in [-0.4, -0.2) is 47.9 Å². The monoisotopic (exact) mass is 509 g/mol. The van der Waals surface area contributed by atoms with Crippen LogP contribution in [-0.2, 0) is 17.9 Å². The molecule has 1 aliphatic heterocycles. The van der Waals surface area contributed by atoms with Crippen molar-refractivity contribution < 1.29 is 23.5 Å². The standard InChI is InChI=1S/C27H31N3O5S/c1-4-13-29(27(32)28-21-7-10-23(36-3)11-8-21)17-26(31)30(16-22-9-5-19(2)35-22)15-20-6-12-24-25(14-20)34-18-33-24/h5-12,14H,4,13,15-18H2,1-3H3,(H,28,32). The third kappa shape index (κ3) is 6.54. The Morgan fingerprint density at radius 2 is 1.75 bits per heavy atom. The minimum Gasteiger partial charge on any atom is -0.464 e. The maximum atomic E-state index is 13.5. The average Bonchev–Trinajstić information content (AvgIpc) is 3.51. The first kappa shape index (κ1) is 25.5. The third-order valence-electron chi connectivity index (χ3n) is 5.75. The number of carbonyl (C=O) groups is 2. The van der Waals surface area contributed by atoms with Crippen LogP contribution >= 0.6 is 11.8 Å². The second-order valence-electron chi connectivity index (χ2n) is 8.53. The Bertz CT molecular complexity index is 1190. The molecular weight excluding hydrogens is 478 g/mol. The number of furan rings is 1. The number of thioether (sulfide) groups is 1. The topological polar surface area (TPSA) is 84.2 Å². The smallest absolute Gasteiger partial charge is 0.322 e. The molecule has 1 N–H and O–H groups in total. The number of hydrogen-bond acceptors (Lipinski definition) is 6. The van der Waals surface area contributed by atoms with Gasteiger partial charge >= 0.3 is 6.03 Å². The highest BCUT2D eigenvalue weighted by Crippen LogP contribution is 2.33. The van der Waals surface area contributed by atoms with Crippen LogP contribution < -0.4 is 14.8 Å². The zero-order valence-electron chi connectivity index (χ0n) is 20.8. The van der Waals surface area contributed by atoms with Gasteiger partial charge in [0.2, 0.25) is 12.7 Å². The van der Waals surface area contributed by atoms with Crippen LogP contribution in [0.25, 0.3) is 0 Å². The van der Waals surface area contributed by atoms with E-state index < -0.39 is 0 Å². The molecule has 1 aromatic heterocycles. The van der Waals surface area contributed by atoms with Gasteiger partial charge in [-0.2, -0.15) is 0 Å². The van der Waals surface area contributed by atoms with E-state index in [0.29, 0.717) is 42.6 Å². The summed E-state index contributed by atoms with van der Waals surface area (Å²) in [4.78, 5) is 30.9. The molecule has 0 atom stereocenters. The molecule has 2 heterocycles. The lowest BCUT2D eigenvalue weighted by Crippen LogP contribution is -2.44. The summed E-state index contributed by atoms with van der Waals surface area (Å²) in [7, 11) is 0. The van der Waals surface area contributed by atoms with Gasteiger partial charge in [-0.1, -0.05) is 13.0 Å². The number of fused-ring (bicyclic) bond motifs is 1. The Kier molecular flexibility index (Phi) is 8.43. The lowest BCUT2D eigenvalue weighted by molar-refractivity contribution is -0.133. The number of carbonyl (C=O) groups excluding carboxylic acids is 2. The van der Waals surface area contributed by atoms with Gasteiger partial charge in [-0.25, -0.2) is 4.79 Å². The minimum atomic E-state index is -0.307. The van der Waals surface area contributed by atoms with Crippen molar-refractivity contribution in [2.45, 2.75) is 38.3 Å². The van der Waals surface area contributed by atoms with Gasteiger partial charge in [0, 0.05) is 23.7 Å². The van der Waals surface area contributed by atoms with E-state index in [2.05, 4.69) is 5.32 Å². The van der Waals surface area contributed by atoms with Crippen molar-refractivity contribution in [3.05, 3.63) is 71.7 Å². The molecule has 3 amide bonds. The summed E-state index contributed by atoms with van der Waals surface area (Å²) in [6.45, 7) is 5.07. The lowest BCUT2D eigenvalue weighted by atomic mass is 10.2. The van der Waals surface area contributed by atoms with E-state index in [0.717, 1.165) is 22.6 Å². The first-order chi connectivity index (χ1) is 17.4. The summed E-state index contributed by atoms with van der Waals surface area (Å²) in [5.74, 6) is 2.63. The summed E-state index contributed by atoms with van der Waals surface area (Å²) >= 11 is 1.64. The Morgan fingerprint density at radius 3 is 2.44 bits per heavy atom. The summed E-state index contributed by atoms with van der Waals surface area (Å²) in [6.07, 6.45) is 2.73. The van der Waals surface area contributed by atoms with Crippen molar-refractivity contribution in [3.63, 3.8) is 0 Å². The van der Waals surface area contributed by atoms with E-state index in [1.54, 1.807) is 21.6 Å². The lowest BCUT2D eigenvalue weighted by Gasteiger charge is -2.27. The Labute approximate surface area is 215 Å². The molecule has 36 heavy (non-hydrogen) atoms. The van der Waals surface area contributed by atoms with Crippen molar-refractivity contribution in [2.75, 3.05) is 31.5 Å². The van der Waals surface area contributed by atoms with Crippen LogP contribution in [0.2, 0.25) is 0 Å². The summed E-state index contributed by atoms with van der Waals surface area (Å²) in [5.41, 5.74) is 1.59. The Morgan fingerprint density at radius 1 is 0.972 bits per heavy atom. The number of hydrogen-bond donors (Lipinski definition) is 1. The molecular formula is C27H31N3O5S. The first-order valence-corrected chi connectivity index (χ1v) is 13.1. The highest BCUT2D eigenvalue weighted by atomic mass is 32.2. The number of urea groups is 1. The number of rotatable bonds is 10. The van der Waals surface area contributed by atoms with Gasteiger partial charge in [0.15, 0.2) is 11.5 Å². The van der Waals surface area contributed by atoms with Crippen LogP contribution in [0.5, 0.6) is 11.5 Å². The van der Waals surface area contributed by atoms with Gasteiger partial charge in [0.25, 0.3) is 0 Å². The van der Waals surface area contributed by atoms with E-state index in [9.17, 15) is 9.59 Å². The van der Waals surface area contributed by atoms with Crippen LogP contribution in [0, 0.1) is 6.92 Å². The maximum Gasteiger partial charge on any atom is 0.322 e. The van der Waals surface area contributed by atoms with Crippen molar-refractivity contribution in [2.24, 2.45) is 0 Å². The van der Waals surface area contributed by atoms with Crippen molar-refractivity contribution in [3.8, 4) is 11.5 Å². The van der Waals surface area contributed by atoms with Crippen LogP contribution in [0.1, 0.15) is 30.4 Å². The fraction of sp³-hybridized carbons (Fsp3) is 0.333. The predicted molar refractivity (Wildman–Crippen MR) is 139 cm³/mol. The van der Waals surface area contributed by atoms with E-state index in [1.807, 2.05) is 74.7 Å². The molecule has 0 saturated heterocycles. The fourth-order valence-electron chi connectivity index (χ4n) is 3.91. The quantitative estimate of drug-likeness (QED) is 0.363. The number of anilines is 1. The van der Waals surface area contributed by atoms with Crippen LogP contribution in [0.3, 0.4) is 0 Å². The zero-order valence-corrected chi connectivity index (χ0v) is 21.6. The molecule has 190 valence electrons. The van der Waals surface area contributed by atoms with Crippen molar-refractivity contribution >= 4 is 29.4 Å². The van der Waals surface area contributed by atoms with Crippen molar-refractivity contribution in [1.29, 1.82) is 0 Å². The molecule has 0 aliphatic carbocycles. The molecule has 0 radical (unpaired) electrons. The summed E-state index contributed by atoms with van der Waals surface area (Å²) < 4.78 is 16.6. The van der Waals surface area contributed by atoms with E-state index in [-0.39, 0.29) is 25.3 Å². The van der Waals surface area contributed by atoms with Crippen molar-refractivity contribution in [1.82, 2.24) is 9.80 Å². The zero-order chi connectivity index (χ0) is 25.5. The van der Waals surface area contributed by atoms with Gasteiger partial charge in [0.1, 0.15) is 18.1 Å². The number of aryl methyl sites for hydroxylation is 1. The second-order valence-corrected chi connectivity index (χ2v) is 9.41. The van der Waals surface area contributed by atoms with Gasteiger partial charge in [-0.15, -0.1) is 11.8 Å². The number of benzene rings is 2. The third-order valence-corrected chi connectivity index (χ3v) is 6.50. The van der Waals surface area contributed by atoms with E-state index in [4.69, 9.17) is 13.9 Å².